The first-order valence-corrected chi connectivity index (χ1v) is 12.0. The lowest BCUT2D eigenvalue weighted by Crippen LogP contribution is -2.41. The number of carbonyl (C=O) groups excluding carboxylic acids is 1. The monoisotopic (exact) mass is 491 g/mol. The number of aryl methyl sites for hydroxylation is 1. The van der Waals surface area contributed by atoms with Crippen LogP contribution < -0.4 is 5.32 Å². The molecule has 0 radical (unpaired) electrons. The fourth-order valence-corrected chi connectivity index (χ4v) is 3.75. The minimum Gasteiger partial charge on any atom is -0.403 e. The van der Waals surface area contributed by atoms with Gasteiger partial charge in [-0.3, -0.25) is 14.8 Å². The van der Waals surface area contributed by atoms with Crippen molar-refractivity contribution in [1.29, 1.82) is 0 Å². The van der Waals surface area contributed by atoms with Gasteiger partial charge in [0.2, 0.25) is 0 Å². The van der Waals surface area contributed by atoms with Gasteiger partial charge in [-0.15, -0.1) is 0 Å². The third-order valence-corrected chi connectivity index (χ3v) is 6.43. The third-order valence-electron chi connectivity index (χ3n) is 6.43. The molecule has 1 amide bonds. The number of anilines is 1. The first kappa shape index (κ1) is 27.5. The minimum atomic E-state index is -1.61. The van der Waals surface area contributed by atoms with Crippen LogP contribution in [0.25, 0.3) is 11.1 Å². The normalized spacial score (nSPS) is 16.2. The molecule has 0 spiro atoms. The Morgan fingerprint density at radius 1 is 1.00 bits per heavy atom. The summed E-state index contributed by atoms with van der Waals surface area (Å²) in [5.74, 6) is -0.331. The Bertz CT molecular complexity index is 1190. The van der Waals surface area contributed by atoms with E-state index in [9.17, 15) is 9.18 Å². The largest absolute Gasteiger partial charge is 0.454 e. The molecule has 8 heteroatoms. The van der Waals surface area contributed by atoms with Crippen LogP contribution in [0, 0.1) is 6.92 Å². The van der Waals surface area contributed by atoms with Gasteiger partial charge in [0.25, 0.3) is 5.91 Å². The number of alkyl halides is 1. The number of nitrogens with zero attached hydrogens (tertiary/aromatic N) is 2. The zero-order chi connectivity index (χ0) is 26.7. The molecule has 1 aromatic carbocycles. The number of nitrogens with one attached hydrogen (secondary N) is 1. The number of aromatic nitrogens is 2. The van der Waals surface area contributed by atoms with Crippen LogP contribution >= 0.6 is 0 Å². The lowest BCUT2D eigenvalue weighted by atomic mass is 9.90. The predicted molar refractivity (Wildman–Crippen MR) is 143 cm³/mol. The molecule has 2 aromatic heterocycles. The van der Waals surface area contributed by atoms with Crippen molar-refractivity contribution in [2.45, 2.75) is 72.2 Å². The molecular weight excluding hydrogens is 456 g/mol. The van der Waals surface area contributed by atoms with E-state index in [1.165, 1.54) is 26.1 Å². The van der Waals surface area contributed by atoms with Gasteiger partial charge in [0, 0.05) is 23.0 Å². The summed E-state index contributed by atoms with van der Waals surface area (Å²) in [5.41, 5.74) is 2.07. The van der Waals surface area contributed by atoms with Gasteiger partial charge in [-0.2, -0.15) is 0 Å². The zero-order valence-electron chi connectivity index (χ0n) is 22.3. The highest BCUT2D eigenvalue weighted by Crippen LogP contribution is 2.36. The standard InChI is InChI=1S/C21H20FN3O.C7H15BO2/c1-14-18(15-7-5-4-6-8-15)12-17(13-24-14)25-20(26)16-9-10-23-19(11-16)21(2,3)22;1-6(2)7(3,4)10-8(5)9-6/h4-13H,1-3H3,(H,25,26);1-5H3. The van der Waals surface area contributed by atoms with E-state index < -0.39 is 5.67 Å². The molecule has 1 N–H and O–H groups in total. The van der Waals surface area contributed by atoms with Crippen LogP contribution in [0.15, 0.2) is 60.9 Å². The molecule has 1 fully saturated rings. The van der Waals surface area contributed by atoms with Crippen molar-refractivity contribution in [3.8, 4) is 11.1 Å². The smallest absolute Gasteiger partial charge is 0.403 e. The number of amides is 1. The molecule has 36 heavy (non-hydrogen) atoms. The van der Waals surface area contributed by atoms with Crippen LogP contribution in [0.2, 0.25) is 6.82 Å². The SMILES string of the molecule is CB1OC(C)(C)C(C)(C)O1.Cc1ncc(NC(=O)c2ccnc(C(C)(C)F)c2)cc1-c1ccccc1. The molecule has 4 rings (SSSR count). The van der Waals surface area contributed by atoms with Crippen molar-refractivity contribution in [1.82, 2.24) is 9.97 Å². The van der Waals surface area contributed by atoms with Gasteiger partial charge < -0.3 is 14.6 Å². The summed E-state index contributed by atoms with van der Waals surface area (Å²) in [6, 6.07) is 14.8. The molecule has 1 saturated heterocycles. The zero-order valence-corrected chi connectivity index (χ0v) is 22.3. The number of benzene rings is 1. The Hall–Kier alpha value is -3.10. The van der Waals surface area contributed by atoms with Crippen molar-refractivity contribution < 1.29 is 18.5 Å². The van der Waals surface area contributed by atoms with E-state index >= 15 is 0 Å². The van der Waals surface area contributed by atoms with Gasteiger partial charge in [-0.1, -0.05) is 30.3 Å². The summed E-state index contributed by atoms with van der Waals surface area (Å²) in [7, 11) is -0.0648. The van der Waals surface area contributed by atoms with Crippen molar-refractivity contribution in [2.24, 2.45) is 0 Å². The van der Waals surface area contributed by atoms with Crippen LogP contribution in [0.3, 0.4) is 0 Å². The highest BCUT2D eigenvalue weighted by molar-refractivity contribution is 6.43. The Balaban J connectivity index is 0.000000303. The van der Waals surface area contributed by atoms with Crippen molar-refractivity contribution >= 4 is 18.7 Å². The molecule has 3 heterocycles. The first-order chi connectivity index (χ1) is 16.7. The molecule has 0 bridgehead atoms. The van der Waals surface area contributed by atoms with Crippen LogP contribution in [-0.4, -0.2) is 34.2 Å². The topological polar surface area (TPSA) is 73.3 Å². The minimum absolute atomic E-state index is 0.0648. The summed E-state index contributed by atoms with van der Waals surface area (Å²) in [4.78, 5) is 20.9. The Morgan fingerprint density at radius 2 is 1.61 bits per heavy atom. The van der Waals surface area contributed by atoms with Gasteiger partial charge in [-0.05, 0) is 79.1 Å². The fourth-order valence-electron chi connectivity index (χ4n) is 3.75. The summed E-state index contributed by atoms with van der Waals surface area (Å²) in [6.45, 7) is 14.9. The van der Waals surface area contributed by atoms with Crippen molar-refractivity contribution in [2.75, 3.05) is 5.32 Å². The number of pyridine rings is 2. The summed E-state index contributed by atoms with van der Waals surface area (Å²) >= 11 is 0. The van der Waals surface area contributed by atoms with E-state index in [1.54, 1.807) is 12.3 Å². The van der Waals surface area contributed by atoms with E-state index in [1.807, 2.05) is 50.1 Å². The maximum atomic E-state index is 14.1. The Morgan fingerprint density at radius 3 is 2.14 bits per heavy atom. The molecule has 0 aliphatic carbocycles. The molecule has 190 valence electrons. The predicted octanol–water partition coefficient (Wildman–Crippen LogP) is 6.62. The average molecular weight is 491 g/mol. The number of rotatable bonds is 4. The molecular formula is C28H35BFN3O3. The van der Waals surface area contributed by atoms with Gasteiger partial charge in [0.15, 0.2) is 0 Å². The van der Waals surface area contributed by atoms with Gasteiger partial charge in [0.05, 0.1) is 28.8 Å². The van der Waals surface area contributed by atoms with E-state index in [0.717, 1.165) is 16.8 Å². The molecule has 0 saturated carbocycles. The second-order valence-electron chi connectivity index (χ2n) is 10.4. The summed E-state index contributed by atoms with van der Waals surface area (Å²) in [6.07, 6.45) is 3.05. The molecule has 3 aromatic rings. The fraction of sp³-hybridized carbons (Fsp3) is 0.393. The molecule has 0 atom stereocenters. The Labute approximate surface area is 213 Å². The maximum Gasteiger partial charge on any atom is 0.454 e. The van der Waals surface area contributed by atoms with Crippen LogP contribution in [-0.2, 0) is 15.0 Å². The third kappa shape index (κ3) is 6.56. The number of hydrogen-bond donors (Lipinski definition) is 1. The van der Waals surface area contributed by atoms with Crippen molar-refractivity contribution in [3.05, 3.63) is 77.9 Å². The van der Waals surface area contributed by atoms with E-state index in [0.29, 0.717) is 11.3 Å². The number of carbonyl (C=O) groups is 1. The Kier molecular flexibility index (Phi) is 8.01. The van der Waals surface area contributed by atoms with Gasteiger partial charge >= 0.3 is 7.12 Å². The average Bonchev–Trinajstić information content (AvgIpc) is 2.99. The van der Waals surface area contributed by atoms with Crippen LogP contribution in [0.1, 0.15) is 63.3 Å². The highest BCUT2D eigenvalue weighted by atomic mass is 19.1. The van der Waals surface area contributed by atoms with E-state index in [2.05, 4.69) is 43.0 Å². The van der Waals surface area contributed by atoms with Crippen molar-refractivity contribution in [3.63, 3.8) is 0 Å². The second-order valence-corrected chi connectivity index (χ2v) is 10.4. The van der Waals surface area contributed by atoms with Gasteiger partial charge in [0.1, 0.15) is 5.67 Å². The highest BCUT2D eigenvalue weighted by Gasteiger charge is 2.48. The maximum absolute atomic E-state index is 14.1. The van der Waals surface area contributed by atoms with Crippen LogP contribution in [0.5, 0.6) is 0 Å². The first-order valence-electron chi connectivity index (χ1n) is 12.0. The molecule has 1 aliphatic heterocycles. The lowest BCUT2D eigenvalue weighted by Gasteiger charge is -2.32. The van der Waals surface area contributed by atoms with E-state index in [-0.39, 0.29) is 29.9 Å². The summed E-state index contributed by atoms with van der Waals surface area (Å²) < 4.78 is 25.2. The number of halogens is 1. The van der Waals surface area contributed by atoms with E-state index in [4.69, 9.17) is 9.31 Å². The molecule has 0 unspecified atom stereocenters. The molecule has 1 aliphatic rings. The van der Waals surface area contributed by atoms with Gasteiger partial charge in [-0.25, -0.2) is 4.39 Å². The lowest BCUT2D eigenvalue weighted by molar-refractivity contribution is 0.00578. The summed E-state index contributed by atoms with van der Waals surface area (Å²) in [5, 5.41) is 2.82. The molecule has 6 nitrogen and oxygen atoms in total. The quantitative estimate of drug-likeness (QED) is 0.416. The number of hydrogen-bond acceptors (Lipinski definition) is 5. The van der Waals surface area contributed by atoms with Crippen LogP contribution in [0.4, 0.5) is 10.1 Å². The second kappa shape index (κ2) is 10.5.